The number of aromatic nitrogens is 1. The van der Waals surface area contributed by atoms with E-state index < -0.39 is 0 Å². The molecule has 1 aliphatic rings. The Morgan fingerprint density at radius 3 is 2.72 bits per heavy atom. The zero-order chi connectivity index (χ0) is 20.2. The SMILES string of the molecule is COc1ccc2ccc3cc2c1NC(=O)CCSCCNC(=O)c1cccc-3n1. The number of hydrogen-bond acceptors (Lipinski definition) is 5. The van der Waals surface area contributed by atoms with E-state index in [0.717, 1.165) is 22.1 Å². The highest BCUT2D eigenvalue weighted by molar-refractivity contribution is 7.99. The number of hydrogen-bond donors (Lipinski definition) is 2. The normalized spacial score (nSPS) is 15.1. The standard InChI is InChI=1S/C22H21N3O3S/c1-28-19-8-7-14-5-6-15-13-16(14)21(19)25-20(26)9-11-29-12-10-23-22(27)18-4-2-3-17(15)24-18/h2-8,13H,9-12H2,1H3,(H,23,27)(H,25,26). The molecule has 2 heterocycles. The van der Waals surface area contributed by atoms with E-state index in [9.17, 15) is 9.59 Å². The smallest absolute Gasteiger partial charge is 0.269 e. The summed E-state index contributed by atoms with van der Waals surface area (Å²) < 4.78 is 5.50. The lowest BCUT2D eigenvalue weighted by Crippen LogP contribution is -2.26. The maximum Gasteiger partial charge on any atom is 0.269 e. The Bertz CT molecular complexity index is 1080. The number of thioether (sulfide) groups is 1. The number of nitrogens with one attached hydrogen (secondary N) is 2. The van der Waals surface area contributed by atoms with Gasteiger partial charge in [0.2, 0.25) is 5.91 Å². The van der Waals surface area contributed by atoms with Crippen molar-refractivity contribution in [3.63, 3.8) is 0 Å². The predicted molar refractivity (Wildman–Crippen MR) is 117 cm³/mol. The second kappa shape index (κ2) is 8.53. The van der Waals surface area contributed by atoms with Crippen LogP contribution in [0.4, 0.5) is 5.69 Å². The van der Waals surface area contributed by atoms with Gasteiger partial charge in [-0.25, -0.2) is 4.98 Å². The predicted octanol–water partition coefficient (Wildman–Crippen LogP) is 3.72. The molecule has 7 heteroatoms. The van der Waals surface area contributed by atoms with Crippen LogP contribution in [0.15, 0.2) is 48.5 Å². The molecule has 3 aromatic rings. The number of carbonyl (C=O) groups excluding carboxylic acids is 2. The van der Waals surface area contributed by atoms with E-state index in [1.54, 1.807) is 24.9 Å². The highest BCUT2D eigenvalue weighted by atomic mass is 32.2. The molecule has 1 aliphatic heterocycles. The van der Waals surface area contributed by atoms with Crippen LogP contribution in [0.5, 0.6) is 5.75 Å². The van der Waals surface area contributed by atoms with Crippen molar-refractivity contribution in [3.05, 3.63) is 54.2 Å². The van der Waals surface area contributed by atoms with Gasteiger partial charge in [0.25, 0.3) is 5.91 Å². The number of nitrogens with zero attached hydrogens (tertiary/aromatic N) is 1. The first-order valence-electron chi connectivity index (χ1n) is 9.40. The molecule has 0 saturated carbocycles. The molecule has 0 spiro atoms. The molecule has 0 saturated heterocycles. The molecule has 29 heavy (non-hydrogen) atoms. The van der Waals surface area contributed by atoms with Gasteiger partial charge in [-0.3, -0.25) is 9.59 Å². The minimum Gasteiger partial charge on any atom is -0.495 e. The van der Waals surface area contributed by atoms with Gasteiger partial charge in [-0.1, -0.05) is 24.3 Å². The van der Waals surface area contributed by atoms with Crippen LogP contribution in [0.1, 0.15) is 16.9 Å². The van der Waals surface area contributed by atoms with Crippen molar-refractivity contribution in [2.24, 2.45) is 0 Å². The van der Waals surface area contributed by atoms with Gasteiger partial charge in [0.15, 0.2) is 0 Å². The molecule has 0 atom stereocenters. The minimum absolute atomic E-state index is 0.0649. The Morgan fingerprint density at radius 2 is 1.86 bits per heavy atom. The number of methoxy groups -OCH3 is 1. The monoisotopic (exact) mass is 407 g/mol. The Balaban J connectivity index is 1.86. The van der Waals surface area contributed by atoms with Crippen molar-refractivity contribution in [2.45, 2.75) is 6.42 Å². The van der Waals surface area contributed by atoms with Crippen molar-refractivity contribution in [2.75, 3.05) is 30.5 Å². The highest BCUT2D eigenvalue weighted by Gasteiger charge is 2.15. The summed E-state index contributed by atoms with van der Waals surface area (Å²) in [6.07, 6.45) is 0.387. The van der Waals surface area contributed by atoms with Crippen LogP contribution in [0.25, 0.3) is 22.0 Å². The molecular formula is C22H21N3O3S. The number of rotatable bonds is 1. The lowest BCUT2D eigenvalue weighted by atomic mass is 10.0. The van der Waals surface area contributed by atoms with Crippen molar-refractivity contribution < 1.29 is 14.3 Å². The summed E-state index contributed by atoms with van der Waals surface area (Å²) in [6.45, 7) is 0.527. The Labute approximate surface area is 173 Å². The molecule has 2 aromatic carbocycles. The summed E-state index contributed by atoms with van der Waals surface area (Å²) in [5.41, 5.74) is 2.60. The number of anilines is 1. The van der Waals surface area contributed by atoms with Gasteiger partial charge in [-0.15, -0.1) is 0 Å². The Hall–Kier alpha value is -3.06. The van der Waals surface area contributed by atoms with Crippen LogP contribution >= 0.6 is 11.8 Å². The third kappa shape index (κ3) is 4.19. The van der Waals surface area contributed by atoms with E-state index in [1.165, 1.54) is 0 Å². The third-order valence-corrected chi connectivity index (χ3v) is 5.74. The molecule has 148 valence electrons. The topological polar surface area (TPSA) is 80.3 Å². The van der Waals surface area contributed by atoms with Crippen molar-refractivity contribution in [3.8, 4) is 17.0 Å². The minimum atomic E-state index is -0.194. The molecule has 0 radical (unpaired) electrons. The largest absolute Gasteiger partial charge is 0.495 e. The number of benzene rings is 2. The van der Waals surface area contributed by atoms with Gasteiger partial charge in [0.1, 0.15) is 11.4 Å². The first-order chi connectivity index (χ1) is 14.2. The van der Waals surface area contributed by atoms with Gasteiger partial charge in [0.05, 0.1) is 18.5 Å². The van der Waals surface area contributed by atoms with Crippen molar-refractivity contribution >= 4 is 40.0 Å². The molecule has 2 amide bonds. The van der Waals surface area contributed by atoms with E-state index in [1.807, 2.05) is 42.5 Å². The quantitative estimate of drug-likeness (QED) is 0.643. The maximum absolute atomic E-state index is 12.5. The Kier molecular flexibility index (Phi) is 5.67. The average molecular weight is 407 g/mol. The third-order valence-electron chi connectivity index (χ3n) is 4.75. The van der Waals surface area contributed by atoms with E-state index in [4.69, 9.17) is 4.74 Å². The highest BCUT2D eigenvalue weighted by Crippen LogP contribution is 2.35. The van der Waals surface area contributed by atoms with Gasteiger partial charge in [-0.05, 0) is 29.7 Å². The van der Waals surface area contributed by atoms with Crippen LogP contribution in [0, 0.1) is 0 Å². The molecular weight excluding hydrogens is 386 g/mol. The zero-order valence-corrected chi connectivity index (χ0v) is 16.8. The van der Waals surface area contributed by atoms with Crippen LogP contribution < -0.4 is 15.4 Å². The summed E-state index contributed by atoms with van der Waals surface area (Å²) in [4.78, 5) is 29.5. The van der Waals surface area contributed by atoms with E-state index in [0.29, 0.717) is 41.5 Å². The maximum atomic E-state index is 12.5. The second-order valence-electron chi connectivity index (χ2n) is 6.65. The van der Waals surface area contributed by atoms with E-state index >= 15 is 0 Å². The molecule has 6 nitrogen and oxygen atoms in total. The van der Waals surface area contributed by atoms with Gasteiger partial charge >= 0.3 is 0 Å². The zero-order valence-electron chi connectivity index (χ0n) is 16.0. The van der Waals surface area contributed by atoms with Crippen molar-refractivity contribution in [1.29, 1.82) is 0 Å². The molecule has 1 aromatic heterocycles. The molecule has 0 unspecified atom stereocenters. The fourth-order valence-electron chi connectivity index (χ4n) is 3.28. The molecule has 4 bridgehead atoms. The van der Waals surface area contributed by atoms with Gasteiger partial charge in [-0.2, -0.15) is 11.8 Å². The number of fused-ring (bicyclic) bond motifs is 4. The van der Waals surface area contributed by atoms with Gasteiger partial charge in [0, 0.05) is 35.4 Å². The first kappa shape index (κ1) is 19.3. The fraction of sp³-hybridized carbons (Fsp3) is 0.227. The summed E-state index contributed by atoms with van der Waals surface area (Å²) >= 11 is 1.63. The van der Waals surface area contributed by atoms with E-state index in [-0.39, 0.29) is 11.8 Å². The summed E-state index contributed by atoms with van der Waals surface area (Å²) in [6, 6.07) is 15.1. The molecule has 2 N–H and O–H groups in total. The fourth-order valence-corrected chi connectivity index (χ4v) is 4.06. The summed E-state index contributed by atoms with van der Waals surface area (Å²) in [5, 5.41) is 7.76. The number of carbonyl (C=O) groups is 2. The van der Waals surface area contributed by atoms with Crippen LogP contribution in [0.2, 0.25) is 0 Å². The average Bonchev–Trinajstić information content (AvgIpc) is 2.75. The first-order valence-corrected chi connectivity index (χ1v) is 10.5. The summed E-state index contributed by atoms with van der Waals surface area (Å²) in [5.74, 6) is 1.76. The van der Waals surface area contributed by atoms with Crippen LogP contribution in [-0.4, -0.2) is 42.0 Å². The van der Waals surface area contributed by atoms with Crippen LogP contribution in [-0.2, 0) is 4.79 Å². The van der Waals surface area contributed by atoms with E-state index in [2.05, 4.69) is 15.6 Å². The number of ether oxygens (including phenoxy) is 1. The van der Waals surface area contributed by atoms with Gasteiger partial charge < -0.3 is 15.4 Å². The molecule has 4 rings (SSSR count). The second-order valence-corrected chi connectivity index (χ2v) is 7.88. The number of pyridine rings is 1. The van der Waals surface area contributed by atoms with Crippen molar-refractivity contribution in [1.82, 2.24) is 10.3 Å². The molecule has 0 fully saturated rings. The lowest BCUT2D eigenvalue weighted by Gasteiger charge is -2.15. The summed E-state index contributed by atoms with van der Waals surface area (Å²) in [7, 11) is 1.59. The molecule has 0 aliphatic carbocycles. The Morgan fingerprint density at radius 1 is 1.03 bits per heavy atom. The lowest BCUT2D eigenvalue weighted by molar-refractivity contribution is -0.115. The van der Waals surface area contributed by atoms with Crippen LogP contribution in [0.3, 0.4) is 0 Å². The number of amides is 2.